The molecule has 0 saturated carbocycles. The van der Waals surface area contributed by atoms with Crippen molar-refractivity contribution in [3.05, 3.63) is 40.2 Å². The predicted molar refractivity (Wildman–Crippen MR) is 98.3 cm³/mol. The Kier molecular flexibility index (Phi) is 5.49. The second-order valence-corrected chi connectivity index (χ2v) is 6.84. The molecule has 25 heavy (non-hydrogen) atoms. The van der Waals surface area contributed by atoms with Crippen LogP contribution in [0.1, 0.15) is 45.5 Å². The number of rotatable bonds is 5. The maximum atomic E-state index is 13.6. The highest BCUT2D eigenvalue weighted by Crippen LogP contribution is 2.26. The van der Waals surface area contributed by atoms with Crippen LogP contribution in [0.15, 0.2) is 23.0 Å². The third-order valence-corrected chi connectivity index (χ3v) is 4.96. The van der Waals surface area contributed by atoms with Crippen molar-refractivity contribution in [2.75, 3.05) is 19.6 Å². The molecular formula is C19H27FN4O. The molecule has 3 rings (SSSR count). The molecule has 1 fully saturated rings. The molecule has 1 aromatic carbocycles. The van der Waals surface area contributed by atoms with E-state index in [4.69, 9.17) is 4.98 Å². The third kappa shape index (κ3) is 3.60. The number of nitrogens with one attached hydrogen (secondary N) is 1. The molecule has 0 aliphatic carbocycles. The summed E-state index contributed by atoms with van der Waals surface area (Å²) < 4.78 is 15.3. The van der Waals surface area contributed by atoms with Gasteiger partial charge in [0.1, 0.15) is 11.6 Å². The molecule has 1 N–H and O–H groups in total. The summed E-state index contributed by atoms with van der Waals surface area (Å²) in [6, 6.07) is 4.80. The summed E-state index contributed by atoms with van der Waals surface area (Å²) in [6.07, 6.45) is 1.97. The largest absolute Gasteiger partial charge is 0.312 e. The molecule has 0 bridgehead atoms. The van der Waals surface area contributed by atoms with E-state index in [1.807, 2.05) is 6.92 Å². The van der Waals surface area contributed by atoms with E-state index in [9.17, 15) is 9.18 Å². The van der Waals surface area contributed by atoms with Crippen molar-refractivity contribution in [2.45, 2.75) is 52.2 Å². The van der Waals surface area contributed by atoms with Crippen LogP contribution >= 0.6 is 0 Å². The Bertz CT molecular complexity index is 804. The van der Waals surface area contributed by atoms with Gasteiger partial charge < -0.3 is 5.32 Å². The maximum absolute atomic E-state index is 13.6. The first kappa shape index (κ1) is 18.0. The van der Waals surface area contributed by atoms with Crippen LogP contribution in [0.25, 0.3) is 10.9 Å². The number of aromatic nitrogens is 2. The van der Waals surface area contributed by atoms with Gasteiger partial charge in [0.05, 0.1) is 16.9 Å². The van der Waals surface area contributed by atoms with E-state index in [0.717, 1.165) is 38.3 Å². The van der Waals surface area contributed by atoms with Crippen molar-refractivity contribution in [3.63, 3.8) is 0 Å². The average molecular weight is 346 g/mol. The van der Waals surface area contributed by atoms with Crippen molar-refractivity contribution >= 4 is 10.9 Å². The number of benzene rings is 1. The quantitative estimate of drug-likeness (QED) is 0.904. The van der Waals surface area contributed by atoms with Gasteiger partial charge in [-0.25, -0.2) is 9.37 Å². The summed E-state index contributed by atoms with van der Waals surface area (Å²) in [7, 11) is 0. The molecule has 0 unspecified atom stereocenters. The fraction of sp³-hybridized carbons (Fsp3) is 0.579. The normalized spacial score (nSPS) is 20.1. The fourth-order valence-corrected chi connectivity index (χ4v) is 3.76. The molecular weight excluding hydrogens is 319 g/mol. The maximum Gasteiger partial charge on any atom is 0.261 e. The van der Waals surface area contributed by atoms with Crippen molar-refractivity contribution in [2.24, 2.45) is 0 Å². The number of piperazine rings is 1. The van der Waals surface area contributed by atoms with Crippen LogP contribution in [0, 0.1) is 5.82 Å². The number of fused-ring (bicyclic) bond motifs is 1. The summed E-state index contributed by atoms with van der Waals surface area (Å²) in [5.41, 5.74) is 0.432. The minimum absolute atomic E-state index is 0.108. The van der Waals surface area contributed by atoms with E-state index in [2.05, 4.69) is 24.1 Å². The predicted octanol–water partition coefficient (Wildman–Crippen LogP) is 2.69. The van der Waals surface area contributed by atoms with Gasteiger partial charge in [-0.3, -0.25) is 14.3 Å². The van der Waals surface area contributed by atoms with E-state index in [0.29, 0.717) is 23.5 Å². The Morgan fingerprint density at radius 3 is 2.88 bits per heavy atom. The lowest BCUT2D eigenvalue weighted by Crippen LogP contribution is -2.51. The first-order chi connectivity index (χ1) is 12.0. The van der Waals surface area contributed by atoms with E-state index < -0.39 is 5.82 Å². The van der Waals surface area contributed by atoms with Gasteiger partial charge in [0, 0.05) is 32.2 Å². The Hall–Kier alpha value is -1.79. The average Bonchev–Trinajstić information content (AvgIpc) is 2.60. The SMILES string of the molecule is CCC[C@H](c1nc2ccc(F)cc2c(=O)n1CC)N1CCN[C@@H](C)C1. The van der Waals surface area contributed by atoms with Crippen LogP contribution in [0.2, 0.25) is 0 Å². The monoisotopic (exact) mass is 346 g/mol. The molecule has 2 atom stereocenters. The first-order valence-electron chi connectivity index (χ1n) is 9.22. The summed E-state index contributed by atoms with van der Waals surface area (Å²) in [6.45, 7) is 9.64. The fourth-order valence-electron chi connectivity index (χ4n) is 3.76. The molecule has 2 aromatic rings. The standard InChI is InChI=1S/C19H27FN4O/c1-4-6-17(23-10-9-21-13(3)12-23)18-22-16-8-7-14(20)11-15(16)19(25)24(18)5-2/h7-8,11,13,17,21H,4-6,9-10,12H2,1-3H3/t13-,17+/m0/s1. The van der Waals surface area contributed by atoms with Crippen molar-refractivity contribution < 1.29 is 4.39 Å². The number of hydrogen-bond donors (Lipinski definition) is 1. The van der Waals surface area contributed by atoms with E-state index in [1.165, 1.54) is 12.1 Å². The van der Waals surface area contributed by atoms with Crippen LogP contribution in [0.4, 0.5) is 4.39 Å². The van der Waals surface area contributed by atoms with Crippen LogP contribution in [0.5, 0.6) is 0 Å². The van der Waals surface area contributed by atoms with Gasteiger partial charge in [0.15, 0.2) is 0 Å². The highest BCUT2D eigenvalue weighted by molar-refractivity contribution is 5.77. The van der Waals surface area contributed by atoms with Crippen LogP contribution < -0.4 is 10.9 Å². The smallest absolute Gasteiger partial charge is 0.261 e. The molecule has 0 spiro atoms. The zero-order valence-electron chi connectivity index (χ0n) is 15.3. The van der Waals surface area contributed by atoms with Crippen molar-refractivity contribution in [1.82, 2.24) is 19.8 Å². The molecule has 0 radical (unpaired) electrons. The van der Waals surface area contributed by atoms with Gasteiger partial charge in [-0.1, -0.05) is 13.3 Å². The molecule has 1 aliphatic rings. The van der Waals surface area contributed by atoms with Crippen LogP contribution in [-0.2, 0) is 6.54 Å². The third-order valence-electron chi connectivity index (χ3n) is 4.96. The molecule has 1 aromatic heterocycles. The number of hydrogen-bond acceptors (Lipinski definition) is 4. The minimum atomic E-state index is -0.400. The lowest BCUT2D eigenvalue weighted by Gasteiger charge is -2.38. The van der Waals surface area contributed by atoms with Crippen molar-refractivity contribution in [1.29, 1.82) is 0 Å². The highest BCUT2D eigenvalue weighted by Gasteiger charge is 2.28. The van der Waals surface area contributed by atoms with Gasteiger partial charge in [-0.15, -0.1) is 0 Å². The Morgan fingerprint density at radius 2 is 2.20 bits per heavy atom. The van der Waals surface area contributed by atoms with Gasteiger partial charge in [-0.2, -0.15) is 0 Å². The summed E-state index contributed by atoms with van der Waals surface area (Å²) in [4.78, 5) is 20.1. The Balaban J connectivity index is 2.13. The minimum Gasteiger partial charge on any atom is -0.312 e. The summed E-state index contributed by atoms with van der Waals surface area (Å²) in [5.74, 6) is 0.408. The summed E-state index contributed by atoms with van der Waals surface area (Å²) in [5, 5.41) is 3.82. The lowest BCUT2D eigenvalue weighted by molar-refractivity contribution is 0.132. The Morgan fingerprint density at radius 1 is 1.40 bits per heavy atom. The van der Waals surface area contributed by atoms with Gasteiger partial charge >= 0.3 is 0 Å². The van der Waals surface area contributed by atoms with Gasteiger partial charge in [0.2, 0.25) is 0 Å². The van der Waals surface area contributed by atoms with E-state index >= 15 is 0 Å². The second kappa shape index (κ2) is 7.62. The van der Waals surface area contributed by atoms with Crippen molar-refractivity contribution in [3.8, 4) is 0 Å². The molecule has 1 aliphatic heterocycles. The lowest BCUT2D eigenvalue weighted by atomic mass is 10.1. The number of nitrogens with zero attached hydrogens (tertiary/aromatic N) is 3. The molecule has 5 nitrogen and oxygen atoms in total. The van der Waals surface area contributed by atoms with Gasteiger partial charge in [0.25, 0.3) is 5.56 Å². The molecule has 1 saturated heterocycles. The van der Waals surface area contributed by atoms with E-state index in [1.54, 1.807) is 10.6 Å². The van der Waals surface area contributed by atoms with E-state index in [-0.39, 0.29) is 11.6 Å². The highest BCUT2D eigenvalue weighted by atomic mass is 19.1. The first-order valence-corrected chi connectivity index (χ1v) is 9.22. The topological polar surface area (TPSA) is 50.2 Å². The second-order valence-electron chi connectivity index (χ2n) is 6.84. The summed E-state index contributed by atoms with van der Waals surface area (Å²) >= 11 is 0. The van der Waals surface area contributed by atoms with Crippen LogP contribution in [-0.4, -0.2) is 40.1 Å². The van der Waals surface area contributed by atoms with Crippen LogP contribution in [0.3, 0.4) is 0 Å². The molecule has 6 heteroatoms. The molecule has 2 heterocycles. The zero-order chi connectivity index (χ0) is 18.0. The molecule has 0 amide bonds. The Labute approximate surface area is 147 Å². The number of halogens is 1. The molecule has 136 valence electrons. The van der Waals surface area contributed by atoms with Gasteiger partial charge in [-0.05, 0) is 38.5 Å². The zero-order valence-corrected chi connectivity index (χ0v) is 15.3.